The van der Waals surface area contributed by atoms with Crippen LogP contribution in [0.5, 0.6) is 0 Å². The Balaban J connectivity index is 2.28. The van der Waals surface area contributed by atoms with E-state index in [1.807, 2.05) is 11.5 Å². The minimum atomic E-state index is -1.09. The molecule has 1 amide bonds. The summed E-state index contributed by atoms with van der Waals surface area (Å²) in [5, 5.41) is 11.7. The molecule has 4 nitrogen and oxygen atoms in total. The topological polar surface area (TPSA) is 43.6 Å². The quantitative estimate of drug-likeness (QED) is 0.519. The summed E-state index contributed by atoms with van der Waals surface area (Å²) in [6.45, 7) is 19.0. The van der Waals surface area contributed by atoms with Gasteiger partial charge in [-0.15, -0.1) is 4.58 Å². The third kappa shape index (κ3) is 4.01. The van der Waals surface area contributed by atoms with Gasteiger partial charge < -0.3 is 5.11 Å². The van der Waals surface area contributed by atoms with Crippen molar-refractivity contribution in [3.63, 3.8) is 0 Å². The second-order valence-corrected chi connectivity index (χ2v) is 10.2. The van der Waals surface area contributed by atoms with E-state index in [0.717, 1.165) is 33.6 Å². The molecule has 0 saturated carbocycles. The van der Waals surface area contributed by atoms with Crippen LogP contribution in [0.3, 0.4) is 0 Å². The van der Waals surface area contributed by atoms with Gasteiger partial charge in [-0.05, 0) is 34.8 Å². The molecule has 32 heavy (non-hydrogen) atoms. The van der Waals surface area contributed by atoms with E-state index in [1.165, 1.54) is 0 Å². The van der Waals surface area contributed by atoms with E-state index >= 15 is 0 Å². The van der Waals surface area contributed by atoms with E-state index < -0.39 is 6.35 Å². The molecule has 0 spiro atoms. The van der Waals surface area contributed by atoms with Crippen LogP contribution in [0.25, 0.3) is 0 Å². The number of anilines is 1. The van der Waals surface area contributed by atoms with Crippen LogP contribution in [0.2, 0.25) is 0 Å². The molecule has 0 aliphatic carbocycles. The van der Waals surface area contributed by atoms with Gasteiger partial charge in [0.25, 0.3) is 0 Å². The molecule has 1 atom stereocenters. The normalized spacial score (nSPS) is 17.1. The number of amides is 1. The largest absolute Gasteiger partial charge is 0.353 e. The number of aliphatic hydroxyl groups excluding tert-OH is 1. The van der Waals surface area contributed by atoms with E-state index in [9.17, 15) is 9.90 Å². The third-order valence-corrected chi connectivity index (χ3v) is 6.52. The van der Waals surface area contributed by atoms with E-state index in [4.69, 9.17) is 0 Å². The predicted octanol–water partition coefficient (Wildman–Crippen LogP) is 6.61. The molecule has 4 heteroatoms. The molecule has 0 radical (unpaired) electrons. The second-order valence-electron chi connectivity index (χ2n) is 10.2. The van der Waals surface area contributed by atoms with Crippen LogP contribution in [-0.4, -0.2) is 27.7 Å². The van der Waals surface area contributed by atoms with Crippen LogP contribution in [0.4, 0.5) is 11.4 Å². The van der Waals surface area contributed by atoms with Crippen molar-refractivity contribution in [1.82, 2.24) is 0 Å². The van der Waals surface area contributed by atoms with Crippen LogP contribution in [-0.2, 0) is 4.79 Å². The number of rotatable bonds is 6. The molecule has 1 aliphatic rings. The second kappa shape index (κ2) is 9.19. The van der Waals surface area contributed by atoms with Crippen LogP contribution >= 0.6 is 0 Å². The van der Waals surface area contributed by atoms with Crippen molar-refractivity contribution in [2.75, 3.05) is 4.90 Å². The maximum atomic E-state index is 13.7. The first-order valence-corrected chi connectivity index (χ1v) is 11.9. The van der Waals surface area contributed by atoms with Gasteiger partial charge >= 0.3 is 12.3 Å². The lowest BCUT2D eigenvalue weighted by molar-refractivity contribution is -0.527. The highest BCUT2D eigenvalue weighted by atomic mass is 16.3. The fourth-order valence-electron chi connectivity index (χ4n) is 4.75. The fraction of sp³-hybridized carbons (Fsp3) is 0.500. The molecule has 172 valence electrons. The first-order valence-electron chi connectivity index (χ1n) is 11.9. The van der Waals surface area contributed by atoms with Gasteiger partial charge in [-0.2, -0.15) is 0 Å². The number of hydrogen-bond acceptors (Lipinski definition) is 2. The van der Waals surface area contributed by atoms with Gasteiger partial charge in [0.05, 0.1) is 5.69 Å². The molecule has 2 aromatic rings. The Labute approximate surface area is 193 Å². The van der Waals surface area contributed by atoms with Gasteiger partial charge in [-0.3, -0.25) is 4.79 Å². The summed E-state index contributed by atoms with van der Waals surface area (Å²) in [6, 6.07) is 12.5. The number of carbonyl (C=O) groups is 1. The first-order chi connectivity index (χ1) is 15.0. The summed E-state index contributed by atoms with van der Waals surface area (Å²) in [5.74, 6) is 0.851. The Morgan fingerprint density at radius 2 is 1.12 bits per heavy atom. The molecule has 1 unspecified atom stereocenters. The van der Waals surface area contributed by atoms with Crippen molar-refractivity contribution in [2.24, 2.45) is 0 Å². The van der Waals surface area contributed by atoms with Crippen molar-refractivity contribution in [3.05, 3.63) is 58.7 Å². The number of nitrogens with zero attached hydrogens (tertiary/aromatic N) is 2. The number of benzene rings is 2. The summed E-state index contributed by atoms with van der Waals surface area (Å²) in [4.78, 5) is 15.3. The van der Waals surface area contributed by atoms with Crippen LogP contribution in [0.15, 0.2) is 36.4 Å². The minimum absolute atomic E-state index is 0.138. The summed E-state index contributed by atoms with van der Waals surface area (Å²) in [7, 11) is 0. The zero-order chi connectivity index (χ0) is 23.9. The van der Waals surface area contributed by atoms with Gasteiger partial charge in [-0.1, -0.05) is 91.8 Å². The van der Waals surface area contributed by atoms with Crippen molar-refractivity contribution >= 4 is 23.0 Å². The van der Waals surface area contributed by atoms with E-state index in [0.29, 0.717) is 5.71 Å². The summed E-state index contributed by atoms with van der Waals surface area (Å²) < 4.78 is 1.86. The highest BCUT2D eigenvalue weighted by Crippen LogP contribution is 2.41. The number of para-hydroxylation sites is 2. The average molecular weight is 436 g/mol. The molecule has 0 bridgehead atoms. The summed E-state index contributed by atoms with van der Waals surface area (Å²) in [6.07, 6.45) is -1.09. The van der Waals surface area contributed by atoms with E-state index in [2.05, 4.69) is 91.8 Å². The smallest absolute Gasteiger partial charge is 0.318 e. The van der Waals surface area contributed by atoms with Gasteiger partial charge in [0.15, 0.2) is 0 Å². The Morgan fingerprint density at radius 3 is 1.50 bits per heavy atom. The molecule has 1 heterocycles. The molecular formula is C28H39N2O2+. The lowest BCUT2D eigenvalue weighted by atomic mass is 9.91. The maximum Gasteiger partial charge on any atom is 0.353 e. The fourth-order valence-corrected chi connectivity index (χ4v) is 4.75. The third-order valence-electron chi connectivity index (χ3n) is 6.52. The van der Waals surface area contributed by atoms with Gasteiger partial charge in [0, 0.05) is 18.1 Å². The Kier molecular flexibility index (Phi) is 6.94. The standard InChI is InChI=1S/C28H39N2O2/c1-16(2)21-12-10-13-22(17(3)4)25(21)29-20(9)27(31)30(28(29)32)26-23(18(5)6)14-11-15-24(26)19(7)8/h10-19,28,32H,1-9H3/q+1. The number of hydrogen-bond donors (Lipinski definition) is 1. The predicted molar refractivity (Wildman–Crippen MR) is 133 cm³/mol. The Bertz CT molecular complexity index is 995. The molecule has 0 fully saturated rings. The Hall–Kier alpha value is -2.46. The highest BCUT2D eigenvalue weighted by Gasteiger charge is 2.48. The number of carbonyl (C=O) groups excluding carboxylic acids is 1. The highest BCUT2D eigenvalue weighted by molar-refractivity contribution is 6.42. The van der Waals surface area contributed by atoms with E-state index in [-0.39, 0.29) is 29.6 Å². The summed E-state index contributed by atoms with van der Waals surface area (Å²) >= 11 is 0. The summed E-state index contributed by atoms with van der Waals surface area (Å²) in [5.41, 5.74) is 6.83. The van der Waals surface area contributed by atoms with Gasteiger partial charge in [0.2, 0.25) is 11.4 Å². The molecule has 1 N–H and O–H groups in total. The first kappa shape index (κ1) is 24.2. The molecule has 2 aromatic carbocycles. The molecule has 0 aromatic heterocycles. The molecule has 3 rings (SSSR count). The molecule has 0 saturated heterocycles. The van der Waals surface area contributed by atoms with Crippen molar-refractivity contribution in [3.8, 4) is 0 Å². The molecular weight excluding hydrogens is 396 g/mol. The zero-order valence-electron chi connectivity index (χ0n) is 21.1. The Morgan fingerprint density at radius 1 is 0.750 bits per heavy atom. The molecule has 1 aliphatic heterocycles. The maximum absolute atomic E-state index is 13.7. The van der Waals surface area contributed by atoms with Crippen molar-refractivity contribution < 1.29 is 14.5 Å². The van der Waals surface area contributed by atoms with E-state index in [1.54, 1.807) is 4.90 Å². The lowest BCUT2D eigenvalue weighted by Crippen LogP contribution is -2.40. The van der Waals surface area contributed by atoms with Gasteiger partial charge in [-0.25, -0.2) is 4.90 Å². The average Bonchev–Trinajstić information content (AvgIpc) is 2.94. The van der Waals surface area contributed by atoms with Crippen LogP contribution in [0, 0.1) is 0 Å². The van der Waals surface area contributed by atoms with Crippen molar-refractivity contribution in [1.29, 1.82) is 0 Å². The number of aliphatic hydroxyl groups is 1. The monoisotopic (exact) mass is 435 g/mol. The van der Waals surface area contributed by atoms with Gasteiger partial charge in [0.1, 0.15) is 0 Å². The SMILES string of the molecule is CC1=[N+](c2c(C(C)C)cccc2C(C)C)C(O)N(c2c(C(C)C)cccc2C(C)C)C1=O. The van der Waals surface area contributed by atoms with Crippen LogP contribution < -0.4 is 4.90 Å². The van der Waals surface area contributed by atoms with Crippen LogP contribution in [0.1, 0.15) is 108 Å². The lowest BCUT2D eigenvalue weighted by Gasteiger charge is -2.27. The zero-order valence-corrected chi connectivity index (χ0v) is 21.1. The minimum Gasteiger partial charge on any atom is -0.318 e. The van der Waals surface area contributed by atoms with Crippen molar-refractivity contribution in [2.45, 2.75) is 92.3 Å².